The molecule has 0 saturated heterocycles. The summed E-state index contributed by atoms with van der Waals surface area (Å²) >= 11 is 1.85. The van der Waals surface area contributed by atoms with Crippen LogP contribution in [0.25, 0.3) is 65.3 Å². The highest BCUT2D eigenvalue weighted by molar-refractivity contribution is 7.26. The van der Waals surface area contributed by atoms with Crippen molar-refractivity contribution in [2.45, 2.75) is 19.3 Å². The summed E-state index contributed by atoms with van der Waals surface area (Å²) in [5, 5.41) is 2.57. The van der Waals surface area contributed by atoms with E-state index in [4.69, 9.17) is 9.97 Å². The fourth-order valence-corrected chi connectivity index (χ4v) is 7.42. The maximum absolute atomic E-state index is 5.37. The molecule has 7 aromatic rings. The minimum Gasteiger partial charge on any atom is -0.256 e. The van der Waals surface area contributed by atoms with Crippen LogP contribution in [0.15, 0.2) is 115 Å². The lowest BCUT2D eigenvalue weighted by Gasteiger charge is -2.24. The minimum atomic E-state index is -0.221. The zero-order valence-corrected chi connectivity index (χ0v) is 23.0. The SMILES string of the molecule is CC1(C)c2ccccc2-c2nc(-c3ccc(-c4ccccn4)cc3)nc(-c3cccc4c3sc3ccccc34)c21. The van der Waals surface area contributed by atoms with Crippen LogP contribution in [0.1, 0.15) is 25.0 Å². The van der Waals surface area contributed by atoms with Crippen molar-refractivity contribution in [1.29, 1.82) is 0 Å². The average Bonchev–Trinajstić information content (AvgIpc) is 3.50. The Hall–Kier alpha value is -4.67. The fraction of sp³-hybridized carbons (Fsp3) is 0.0833. The first kappa shape index (κ1) is 23.2. The summed E-state index contributed by atoms with van der Waals surface area (Å²) in [6.07, 6.45) is 1.83. The zero-order valence-electron chi connectivity index (χ0n) is 22.2. The highest BCUT2D eigenvalue weighted by Gasteiger charge is 2.40. The molecule has 0 amide bonds. The van der Waals surface area contributed by atoms with Crippen LogP contribution in [0.4, 0.5) is 0 Å². The van der Waals surface area contributed by atoms with Crippen molar-refractivity contribution in [2.24, 2.45) is 0 Å². The first-order valence-electron chi connectivity index (χ1n) is 13.5. The summed E-state index contributed by atoms with van der Waals surface area (Å²) in [5.74, 6) is 0.743. The van der Waals surface area contributed by atoms with E-state index in [-0.39, 0.29) is 5.41 Å². The van der Waals surface area contributed by atoms with Crippen molar-refractivity contribution >= 4 is 31.5 Å². The van der Waals surface area contributed by atoms with E-state index in [1.165, 1.54) is 42.4 Å². The molecular formula is C36H25N3S. The van der Waals surface area contributed by atoms with Crippen molar-refractivity contribution < 1.29 is 0 Å². The molecule has 0 bridgehead atoms. The van der Waals surface area contributed by atoms with Gasteiger partial charge in [-0.2, -0.15) is 0 Å². The van der Waals surface area contributed by atoms with Gasteiger partial charge in [-0.1, -0.05) is 105 Å². The lowest BCUT2D eigenvalue weighted by molar-refractivity contribution is 0.658. The van der Waals surface area contributed by atoms with Crippen molar-refractivity contribution in [2.75, 3.05) is 0 Å². The maximum atomic E-state index is 5.37. The Kier molecular flexibility index (Phi) is 5.04. The minimum absolute atomic E-state index is 0.221. The molecule has 0 fully saturated rings. The van der Waals surface area contributed by atoms with Crippen molar-refractivity contribution in [3.8, 4) is 45.2 Å². The third-order valence-corrected chi connectivity index (χ3v) is 9.37. The standard InChI is InChI=1S/C36H25N3S/c1-36(2)28-14-5-3-11-26(28)32-31(36)33(27-13-9-12-25-24-10-4-6-16-30(24)40-34(25)27)39-35(38-32)23-19-17-22(18-20-23)29-15-7-8-21-37-29/h3-21H,1-2H3. The molecule has 0 N–H and O–H groups in total. The Balaban J connectivity index is 1.40. The molecule has 1 aliphatic carbocycles. The molecule has 1 aliphatic rings. The quantitative estimate of drug-likeness (QED) is 0.228. The molecule has 0 unspecified atom stereocenters. The summed E-state index contributed by atoms with van der Waals surface area (Å²) in [6, 6.07) is 38.4. The van der Waals surface area contributed by atoms with E-state index in [1.54, 1.807) is 0 Å². The molecule has 0 atom stereocenters. The Morgan fingerprint density at radius 2 is 1.27 bits per heavy atom. The maximum Gasteiger partial charge on any atom is 0.160 e. The predicted octanol–water partition coefficient (Wildman–Crippen LogP) is 9.55. The Labute approximate surface area is 236 Å². The smallest absolute Gasteiger partial charge is 0.160 e. The van der Waals surface area contributed by atoms with Crippen LogP contribution in [0.3, 0.4) is 0 Å². The van der Waals surface area contributed by atoms with Gasteiger partial charge in [-0.05, 0) is 23.8 Å². The van der Waals surface area contributed by atoms with Gasteiger partial charge < -0.3 is 0 Å². The lowest BCUT2D eigenvalue weighted by atomic mass is 9.80. The molecule has 3 heterocycles. The molecular weight excluding hydrogens is 506 g/mol. The number of rotatable bonds is 3. The van der Waals surface area contributed by atoms with Crippen LogP contribution in [-0.2, 0) is 5.41 Å². The largest absolute Gasteiger partial charge is 0.256 e. The summed E-state index contributed by atoms with van der Waals surface area (Å²) < 4.78 is 2.57. The average molecular weight is 532 g/mol. The van der Waals surface area contributed by atoms with Crippen molar-refractivity contribution in [1.82, 2.24) is 15.0 Å². The van der Waals surface area contributed by atoms with E-state index in [1.807, 2.05) is 35.7 Å². The molecule has 8 rings (SSSR count). The highest BCUT2D eigenvalue weighted by atomic mass is 32.1. The Morgan fingerprint density at radius 1 is 0.600 bits per heavy atom. The molecule has 40 heavy (non-hydrogen) atoms. The molecule has 3 nitrogen and oxygen atoms in total. The summed E-state index contributed by atoms with van der Waals surface area (Å²) in [6.45, 7) is 4.60. The second-order valence-corrected chi connectivity index (χ2v) is 11.9. The van der Waals surface area contributed by atoms with Gasteiger partial charge in [0.25, 0.3) is 0 Å². The van der Waals surface area contributed by atoms with Gasteiger partial charge in [0.2, 0.25) is 0 Å². The monoisotopic (exact) mass is 531 g/mol. The zero-order chi connectivity index (χ0) is 26.8. The van der Waals surface area contributed by atoms with Crippen molar-refractivity contribution in [3.63, 3.8) is 0 Å². The van der Waals surface area contributed by atoms with Gasteiger partial charge in [-0.15, -0.1) is 11.3 Å². The molecule has 0 radical (unpaired) electrons. The molecule has 3 aromatic heterocycles. The van der Waals surface area contributed by atoms with Crippen LogP contribution in [0.5, 0.6) is 0 Å². The lowest BCUT2D eigenvalue weighted by Crippen LogP contribution is -2.17. The van der Waals surface area contributed by atoms with Crippen LogP contribution in [0, 0.1) is 0 Å². The highest BCUT2D eigenvalue weighted by Crippen LogP contribution is 2.52. The molecule has 0 saturated carbocycles. The summed E-state index contributed by atoms with van der Waals surface area (Å²) in [5.41, 5.74) is 9.73. The van der Waals surface area contributed by atoms with Crippen LogP contribution >= 0.6 is 11.3 Å². The number of fused-ring (bicyclic) bond motifs is 6. The van der Waals surface area contributed by atoms with Crippen LogP contribution in [0.2, 0.25) is 0 Å². The van der Waals surface area contributed by atoms with E-state index < -0.39 is 0 Å². The van der Waals surface area contributed by atoms with Gasteiger partial charge in [-0.3, -0.25) is 4.98 Å². The molecule has 4 aromatic carbocycles. The summed E-state index contributed by atoms with van der Waals surface area (Å²) in [7, 11) is 0. The van der Waals surface area contributed by atoms with Crippen molar-refractivity contribution in [3.05, 3.63) is 127 Å². The van der Waals surface area contributed by atoms with E-state index in [9.17, 15) is 0 Å². The Morgan fingerprint density at radius 3 is 2.10 bits per heavy atom. The van der Waals surface area contributed by atoms with Gasteiger partial charge in [0.15, 0.2) is 5.82 Å². The van der Waals surface area contributed by atoms with Gasteiger partial charge in [-0.25, -0.2) is 9.97 Å². The second-order valence-electron chi connectivity index (χ2n) is 10.9. The third-order valence-electron chi connectivity index (χ3n) is 8.15. The molecule has 0 spiro atoms. The molecule has 4 heteroatoms. The van der Waals surface area contributed by atoms with E-state index >= 15 is 0 Å². The Bertz CT molecular complexity index is 2070. The number of thiophene rings is 1. The fourth-order valence-electron chi connectivity index (χ4n) is 6.20. The first-order valence-corrected chi connectivity index (χ1v) is 14.4. The van der Waals surface area contributed by atoms with Crippen LogP contribution < -0.4 is 0 Å². The number of benzene rings is 4. The van der Waals surface area contributed by atoms with Crippen LogP contribution in [-0.4, -0.2) is 15.0 Å². The van der Waals surface area contributed by atoms with Gasteiger partial charge in [0.1, 0.15) is 0 Å². The van der Waals surface area contributed by atoms with E-state index in [2.05, 4.69) is 110 Å². The first-order chi connectivity index (χ1) is 19.6. The number of hydrogen-bond donors (Lipinski definition) is 0. The van der Waals surface area contributed by atoms with Gasteiger partial charge in [0, 0.05) is 59.6 Å². The number of nitrogens with zero attached hydrogens (tertiary/aromatic N) is 3. The number of aromatic nitrogens is 3. The topological polar surface area (TPSA) is 38.7 Å². The van der Waals surface area contributed by atoms with Gasteiger partial charge in [0.05, 0.1) is 17.1 Å². The third kappa shape index (κ3) is 3.39. The van der Waals surface area contributed by atoms with Gasteiger partial charge >= 0.3 is 0 Å². The number of hydrogen-bond acceptors (Lipinski definition) is 4. The van der Waals surface area contributed by atoms with E-state index in [0.29, 0.717) is 0 Å². The number of pyridine rings is 1. The molecule has 190 valence electrons. The molecule has 0 aliphatic heterocycles. The summed E-state index contributed by atoms with van der Waals surface area (Å²) in [4.78, 5) is 15.1. The predicted molar refractivity (Wildman–Crippen MR) is 167 cm³/mol. The second kappa shape index (κ2) is 8.67. The van der Waals surface area contributed by atoms with E-state index in [0.717, 1.165) is 34.0 Å². The normalized spacial score (nSPS) is 13.4.